The van der Waals surface area contributed by atoms with E-state index in [0.29, 0.717) is 23.2 Å². The second kappa shape index (κ2) is 5.95. The molecule has 2 bridgehead atoms. The first kappa shape index (κ1) is 15.6. The van der Waals surface area contributed by atoms with Gasteiger partial charge in [-0.1, -0.05) is 12.1 Å². The van der Waals surface area contributed by atoms with Gasteiger partial charge < -0.3 is 15.1 Å². The highest BCUT2D eigenvalue weighted by Crippen LogP contribution is 2.27. The van der Waals surface area contributed by atoms with Crippen LogP contribution in [0.1, 0.15) is 25.7 Å². The maximum atomic E-state index is 12.7. The van der Waals surface area contributed by atoms with Crippen LogP contribution >= 0.6 is 0 Å². The van der Waals surface area contributed by atoms with Crippen molar-refractivity contribution in [3.63, 3.8) is 0 Å². The number of amides is 1. The second-order valence-corrected chi connectivity index (χ2v) is 7.33. The topological polar surface area (TPSA) is 89.2 Å². The molecule has 2 aliphatic heterocycles. The van der Waals surface area contributed by atoms with Crippen LogP contribution in [0, 0.1) is 0 Å². The highest BCUT2D eigenvalue weighted by Gasteiger charge is 2.34. The number of hydrogen-bond donors (Lipinski definition) is 2. The van der Waals surface area contributed by atoms with Crippen LogP contribution in [0.2, 0.25) is 0 Å². The summed E-state index contributed by atoms with van der Waals surface area (Å²) in [5.41, 5.74) is 1.03. The first-order valence-electron chi connectivity index (χ1n) is 9.09. The Balaban J connectivity index is 1.37. The van der Waals surface area contributed by atoms with Gasteiger partial charge in [-0.05, 0) is 37.8 Å². The molecule has 3 aromatic rings. The molecular weight excluding hydrogens is 332 g/mol. The predicted octanol–water partition coefficient (Wildman–Crippen LogP) is 1.54. The summed E-state index contributed by atoms with van der Waals surface area (Å²) >= 11 is 0. The van der Waals surface area contributed by atoms with Crippen molar-refractivity contribution < 1.29 is 9.21 Å². The van der Waals surface area contributed by atoms with Crippen LogP contribution in [-0.2, 0) is 11.3 Å². The minimum Gasteiger partial charge on any atom is -0.448 e. The van der Waals surface area contributed by atoms with Crippen molar-refractivity contribution in [1.82, 2.24) is 20.2 Å². The monoisotopic (exact) mass is 352 g/mol. The Labute approximate surface area is 149 Å². The highest BCUT2D eigenvalue weighted by molar-refractivity contribution is 6.01. The fraction of sp³-hybridized carbons (Fsp3) is 0.421. The van der Waals surface area contributed by atoms with E-state index in [1.165, 1.54) is 23.7 Å². The molecule has 2 aliphatic rings. The lowest BCUT2D eigenvalue weighted by Gasteiger charge is -2.29. The first-order chi connectivity index (χ1) is 12.7. The molecule has 2 fully saturated rings. The van der Waals surface area contributed by atoms with E-state index in [2.05, 4.69) is 15.6 Å². The smallest absolute Gasteiger partial charge is 0.297 e. The third-order valence-electron chi connectivity index (χ3n) is 5.50. The Hall–Kier alpha value is -2.67. The Kier molecular flexibility index (Phi) is 3.56. The zero-order valence-electron chi connectivity index (χ0n) is 14.3. The van der Waals surface area contributed by atoms with Crippen molar-refractivity contribution >= 4 is 28.0 Å². The summed E-state index contributed by atoms with van der Waals surface area (Å²) in [5, 5.41) is 7.44. The molecule has 7 nitrogen and oxygen atoms in total. The summed E-state index contributed by atoms with van der Waals surface area (Å²) in [4.78, 5) is 29.4. The van der Waals surface area contributed by atoms with Gasteiger partial charge in [0.1, 0.15) is 17.6 Å². The lowest BCUT2D eigenvalue weighted by molar-refractivity contribution is -0.122. The van der Waals surface area contributed by atoms with E-state index in [-0.39, 0.29) is 29.6 Å². The molecule has 4 heterocycles. The Bertz CT molecular complexity index is 1040. The molecule has 1 amide bonds. The van der Waals surface area contributed by atoms with Crippen LogP contribution < -0.4 is 16.2 Å². The standard InChI is InChI=1S/C19H20N4O3/c24-16(22-13-7-11-5-6-12(8-13)21-11)9-23-10-20-17-14-3-1-2-4-15(14)26-18(17)19(23)25/h1-4,10-13,21H,5-9H2,(H,22,24). The second-order valence-electron chi connectivity index (χ2n) is 7.33. The number of para-hydroxylation sites is 1. The van der Waals surface area contributed by atoms with E-state index < -0.39 is 0 Å². The summed E-state index contributed by atoms with van der Waals surface area (Å²) in [6.45, 7) is -0.0436. The van der Waals surface area contributed by atoms with E-state index >= 15 is 0 Å². The SMILES string of the molecule is O=C(Cn1cnc2c(oc3ccccc32)c1=O)NC1CC2CCC(C1)N2. The minimum atomic E-state index is -0.327. The first-order valence-corrected chi connectivity index (χ1v) is 9.09. The van der Waals surface area contributed by atoms with E-state index in [1.807, 2.05) is 18.2 Å². The van der Waals surface area contributed by atoms with Crippen molar-refractivity contribution in [2.24, 2.45) is 0 Å². The number of nitrogens with zero attached hydrogens (tertiary/aromatic N) is 2. The van der Waals surface area contributed by atoms with Gasteiger partial charge in [-0.2, -0.15) is 0 Å². The summed E-state index contributed by atoms with van der Waals surface area (Å²) in [6, 6.07) is 8.60. The molecule has 26 heavy (non-hydrogen) atoms. The van der Waals surface area contributed by atoms with Gasteiger partial charge in [0.25, 0.3) is 5.56 Å². The molecule has 2 atom stereocenters. The van der Waals surface area contributed by atoms with E-state index in [4.69, 9.17) is 4.42 Å². The number of carbonyl (C=O) groups is 1. The van der Waals surface area contributed by atoms with Gasteiger partial charge >= 0.3 is 0 Å². The third-order valence-corrected chi connectivity index (χ3v) is 5.50. The number of piperidine rings is 1. The number of fused-ring (bicyclic) bond motifs is 5. The van der Waals surface area contributed by atoms with Gasteiger partial charge in [-0.25, -0.2) is 4.98 Å². The molecule has 7 heteroatoms. The molecule has 0 radical (unpaired) electrons. The fourth-order valence-electron chi connectivity index (χ4n) is 4.33. The zero-order chi connectivity index (χ0) is 17.7. The quantitative estimate of drug-likeness (QED) is 0.746. The van der Waals surface area contributed by atoms with Crippen LogP contribution in [0.4, 0.5) is 0 Å². The van der Waals surface area contributed by atoms with Crippen LogP contribution in [-0.4, -0.2) is 33.6 Å². The largest absolute Gasteiger partial charge is 0.448 e. The molecule has 2 aromatic heterocycles. The Morgan fingerprint density at radius 3 is 2.85 bits per heavy atom. The molecule has 2 unspecified atom stereocenters. The average Bonchev–Trinajstić information content (AvgIpc) is 3.17. The zero-order valence-corrected chi connectivity index (χ0v) is 14.3. The third kappa shape index (κ3) is 2.59. The van der Waals surface area contributed by atoms with E-state index in [9.17, 15) is 9.59 Å². The molecule has 2 saturated heterocycles. The number of aromatic nitrogens is 2. The average molecular weight is 352 g/mol. The summed E-state index contributed by atoms with van der Waals surface area (Å²) in [5.74, 6) is -0.157. The Morgan fingerprint density at radius 1 is 1.27 bits per heavy atom. The maximum Gasteiger partial charge on any atom is 0.297 e. The number of hydrogen-bond acceptors (Lipinski definition) is 5. The summed E-state index contributed by atoms with van der Waals surface area (Å²) in [7, 11) is 0. The molecule has 134 valence electrons. The molecule has 0 aliphatic carbocycles. The lowest BCUT2D eigenvalue weighted by Crippen LogP contribution is -2.49. The van der Waals surface area contributed by atoms with Crippen LogP contribution in [0.5, 0.6) is 0 Å². The maximum absolute atomic E-state index is 12.7. The van der Waals surface area contributed by atoms with Gasteiger partial charge in [0.15, 0.2) is 0 Å². The number of carbonyl (C=O) groups excluding carboxylic acids is 1. The molecule has 0 saturated carbocycles. The fourth-order valence-corrected chi connectivity index (χ4v) is 4.33. The van der Waals surface area contributed by atoms with Crippen molar-refractivity contribution in [3.05, 3.63) is 40.9 Å². The Morgan fingerprint density at radius 2 is 2.04 bits per heavy atom. The molecule has 1 aromatic carbocycles. The molecular formula is C19H20N4O3. The number of rotatable bonds is 3. The predicted molar refractivity (Wildman–Crippen MR) is 96.9 cm³/mol. The van der Waals surface area contributed by atoms with Crippen LogP contribution in [0.15, 0.2) is 39.8 Å². The van der Waals surface area contributed by atoms with E-state index in [1.54, 1.807) is 6.07 Å². The van der Waals surface area contributed by atoms with Gasteiger partial charge in [-0.3, -0.25) is 14.2 Å². The van der Waals surface area contributed by atoms with Crippen molar-refractivity contribution in [3.8, 4) is 0 Å². The van der Waals surface area contributed by atoms with Gasteiger partial charge in [0.2, 0.25) is 11.5 Å². The van der Waals surface area contributed by atoms with Gasteiger partial charge in [0.05, 0.1) is 6.33 Å². The van der Waals surface area contributed by atoms with Crippen molar-refractivity contribution in [2.75, 3.05) is 0 Å². The lowest BCUT2D eigenvalue weighted by atomic mass is 10.00. The normalized spacial score (nSPS) is 25.0. The number of furan rings is 1. The highest BCUT2D eigenvalue weighted by atomic mass is 16.3. The number of benzene rings is 1. The van der Waals surface area contributed by atoms with E-state index in [0.717, 1.165) is 18.2 Å². The molecule has 5 rings (SSSR count). The van der Waals surface area contributed by atoms with Crippen molar-refractivity contribution in [1.29, 1.82) is 0 Å². The van der Waals surface area contributed by atoms with Crippen LogP contribution in [0.3, 0.4) is 0 Å². The summed E-state index contributed by atoms with van der Waals surface area (Å²) in [6.07, 6.45) is 5.71. The summed E-state index contributed by atoms with van der Waals surface area (Å²) < 4.78 is 6.97. The van der Waals surface area contributed by atoms with Gasteiger partial charge in [-0.15, -0.1) is 0 Å². The van der Waals surface area contributed by atoms with Gasteiger partial charge in [0, 0.05) is 23.5 Å². The van der Waals surface area contributed by atoms with Crippen LogP contribution in [0.25, 0.3) is 22.1 Å². The minimum absolute atomic E-state index is 0.0436. The number of nitrogens with one attached hydrogen (secondary N) is 2. The molecule has 2 N–H and O–H groups in total. The van der Waals surface area contributed by atoms with Crippen molar-refractivity contribution in [2.45, 2.75) is 50.4 Å². The molecule has 0 spiro atoms.